The molecule has 4 aromatic carbocycles. The van der Waals surface area contributed by atoms with Crippen LogP contribution in [0, 0.1) is 11.8 Å². The van der Waals surface area contributed by atoms with Crippen LogP contribution in [-0.4, -0.2) is 76.2 Å². The quantitative estimate of drug-likeness (QED) is 0.0688. The first-order chi connectivity index (χ1) is 32.4. The predicted molar refractivity (Wildman–Crippen MR) is 248 cm³/mol. The van der Waals surface area contributed by atoms with Crippen molar-refractivity contribution in [2.75, 3.05) is 0 Å². The van der Waals surface area contributed by atoms with Crippen LogP contribution in [0.5, 0.6) is 11.5 Å². The van der Waals surface area contributed by atoms with Crippen molar-refractivity contribution in [1.29, 1.82) is 0 Å². The standard InChI is InChI=1S/C51H54N8O8/c1-58-44(48(54-56-58)35-16-20-40(21-17-35)66-42-10-6-9-37(27-42)50(62)63)30-52-46(60)24-13-32-11-14-34(15-12-32)38-26-39(51(64)65)29-43(28-38)67-41-22-18-36(19-23-41)49-45(59(2)57-55-49)31-53-47(61)25-33-7-4-3-5-8-33/h3-5,7-8,11-24,37-39,42-43H,6,9-10,25-31H2,1-2H3,(H,52,60)(H,53,61)(H,62,63)(H,64,65)/b24-13+/t37-,38?,39-,42-,43-/m0/s1. The summed E-state index contributed by atoms with van der Waals surface area (Å²) in [6.07, 6.45) is 7.32. The number of amides is 2. The fraction of sp³-hybridized carbons (Fsp3) is 0.333. The van der Waals surface area contributed by atoms with Crippen molar-refractivity contribution in [3.8, 4) is 34.0 Å². The average Bonchev–Trinajstić information content (AvgIpc) is 3.90. The van der Waals surface area contributed by atoms with E-state index < -0.39 is 17.9 Å². The van der Waals surface area contributed by atoms with E-state index >= 15 is 0 Å². The van der Waals surface area contributed by atoms with Crippen LogP contribution in [0.25, 0.3) is 28.6 Å². The largest absolute Gasteiger partial charge is 0.490 e. The Kier molecular flexibility index (Phi) is 14.5. The lowest BCUT2D eigenvalue weighted by Gasteiger charge is -2.33. The number of rotatable bonds is 17. The number of carboxylic acids is 2. The zero-order valence-corrected chi connectivity index (χ0v) is 37.5. The van der Waals surface area contributed by atoms with E-state index in [0.29, 0.717) is 55.0 Å². The lowest BCUT2D eigenvalue weighted by Crippen LogP contribution is -2.33. The van der Waals surface area contributed by atoms with Gasteiger partial charge in [-0.15, -0.1) is 10.2 Å². The van der Waals surface area contributed by atoms with Gasteiger partial charge in [0.2, 0.25) is 11.8 Å². The van der Waals surface area contributed by atoms with Gasteiger partial charge in [-0.1, -0.05) is 65.0 Å². The molecule has 0 bridgehead atoms. The summed E-state index contributed by atoms with van der Waals surface area (Å²) in [6.45, 7) is 0.454. The van der Waals surface area contributed by atoms with E-state index in [1.54, 1.807) is 29.5 Å². The van der Waals surface area contributed by atoms with Gasteiger partial charge in [-0.05, 0) is 122 Å². The smallest absolute Gasteiger partial charge is 0.306 e. The van der Waals surface area contributed by atoms with Gasteiger partial charge < -0.3 is 30.3 Å². The number of aromatic nitrogens is 6. The van der Waals surface area contributed by atoms with Crippen LogP contribution in [0.1, 0.15) is 78.9 Å². The van der Waals surface area contributed by atoms with Crippen LogP contribution in [0.2, 0.25) is 0 Å². The molecular weight excluding hydrogens is 853 g/mol. The molecule has 2 heterocycles. The molecular formula is C51H54N8O8. The Hall–Kier alpha value is -7.62. The van der Waals surface area contributed by atoms with Gasteiger partial charge in [0.1, 0.15) is 29.0 Å². The van der Waals surface area contributed by atoms with Crippen LogP contribution in [-0.2, 0) is 52.8 Å². The molecule has 2 aliphatic carbocycles. The van der Waals surface area contributed by atoms with Crippen LogP contribution in [0.3, 0.4) is 0 Å². The molecule has 16 heteroatoms. The first kappa shape index (κ1) is 45.9. The van der Waals surface area contributed by atoms with Crippen molar-refractivity contribution in [3.05, 3.63) is 137 Å². The van der Waals surface area contributed by atoms with Gasteiger partial charge in [0.05, 0.1) is 48.8 Å². The van der Waals surface area contributed by atoms with Crippen LogP contribution in [0.15, 0.2) is 109 Å². The average molecular weight is 907 g/mol. The minimum atomic E-state index is -0.852. The van der Waals surface area contributed by atoms with E-state index in [1.165, 1.54) is 6.08 Å². The highest BCUT2D eigenvalue weighted by Crippen LogP contribution is 2.39. The molecule has 2 amide bonds. The number of carboxylic acid groups (broad SMARTS) is 2. The van der Waals surface area contributed by atoms with E-state index in [2.05, 4.69) is 31.3 Å². The highest BCUT2D eigenvalue weighted by atomic mass is 16.5. The molecule has 2 fully saturated rings. The number of ether oxygens (including phenoxy) is 2. The minimum Gasteiger partial charge on any atom is -0.490 e. The zero-order chi connectivity index (χ0) is 46.9. The number of carbonyl (C=O) groups excluding carboxylic acids is 2. The molecule has 0 saturated heterocycles. The Bertz CT molecular complexity index is 2700. The van der Waals surface area contributed by atoms with E-state index in [9.17, 15) is 29.4 Å². The summed E-state index contributed by atoms with van der Waals surface area (Å²) < 4.78 is 15.8. The highest BCUT2D eigenvalue weighted by Gasteiger charge is 2.35. The molecule has 2 saturated carbocycles. The molecule has 0 radical (unpaired) electrons. The van der Waals surface area contributed by atoms with Crippen LogP contribution >= 0.6 is 0 Å². The van der Waals surface area contributed by atoms with Crippen molar-refractivity contribution < 1.29 is 38.9 Å². The number of aryl methyl sites for hydroxylation is 2. The number of hydrogen-bond donors (Lipinski definition) is 4. The van der Waals surface area contributed by atoms with E-state index in [0.717, 1.165) is 52.0 Å². The van der Waals surface area contributed by atoms with Crippen molar-refractivity contribution in [3.63, 3.8) is 0 Å². The van der Waals surface area contributed by atoms with Gasteiger partial charge in [-0.2, -0.15) is 0 Å². The predicted octanol–water partition coefficient (Wildman–Crippen LogP) is 6.90. The molecule has 4 N–H and O–H groups in total. The lowest BCUT2D eigenvalue weighted by molar-refractivity contribution is -0.145. The fourth-order valence-corrected chi connectivity index (χ4v) is 8.99. The molecule has 16 nitrogen and oxygen atoms in total. The lowest BCUT2D eigenvalue weighted by atomic mass is 9.76. The molecule has 1 unspecified atom stereocenters. The SMILES string of the molecule is Cn1nnc(-c2ccc(O[C@H]3CCC[C@H](C(=O)O)C3)cc2)c1CNC(=O)/C=C/c1ccc(C2C[C@H](Oc3ccc(-c4nnn(C)c4CNC(=O)Cc4ccccc4)cc3)C[C@@H](C(=O)O)C2)cc1. The number of hydrogen-bond acceptors (Lipinski definition) is 10. The first-order valence-corrected chi connectivity index (χ1v) is 22.6. The van der Waals surface area contributed by atoms with Gasteiger partial charge in [-0.3, -0.25) is 19.2 Å². The monoisotopic (exact) mass is 906 g/mol. The second-order valence-electron chi connectivity index (χ2n) is 17.3. The molecule has 5 atom stereocenters. The molecule has 67 heavy (non-hydrogen) atoms. The summed E-state index contributed by atoms with van der Waals surface area (Å²) in [6, 6.07) is 32.3. The summed E-state index contributed by atoms with van der Waals surface area (Å²) in [5, 5.41) is 42.5. The Morgan fingerprint density at radius 1 is 0.657 bits per heavy atom. The first-order valence-electron chi connectivity index (χ1n) is 22.6. The van der Waals surface area contributed by atoms with E-state index in [4.69, 9.17) is 9.47 Å². The third-order valence-electron chi connectivity index (χ3n) is 12.7. The number of carbonyl (C=O) groups is 4. The zero-order valence-electron chi connectivity index (χ0n) is 37.5. The summed E-state index contributed by atoms with van der Waals surface area (Å²) in [5.41, 5.74) is 7.11. The summed E-state index contributed by atoms with van der Waals surface area (Å²) in [4.78, 5) is 49.4. The third kappa shape index (κ3) is 11.8. The maximum Gasteiger partial charge on any atom is 0.306 e. The normalized spacial score (nSPS) is 19.4. The molecule has 0 aliphatic heterocycles. The van der Waals surface area contributed by atoms with Gasteiger partial charge in [0.25, 0.3) is 0 Å². The third-order valence-corrected chi connectivity index (χ3v) is 12.7. The summed E-state index contributed by atoms with van der Waals surface area (Å²) in [7, 11) is 3.55. The van der Waals surface area contributed by atoms with Crippen molar-refractivity contribution >= 4 is 29.8 Å². The van der Waals surface area contributed by atoms with E-state index in [-0.39, 0.29) is 55.4 Å². The Labute approximate surface area is 388 Å². The van der Waals surface area contributed by atoms with Crippen molar-refractivity contribution in [2.45, 2.75) is 82.6 Å². The molecule has 8 rings (SSSR count). The maximum atomic E-state index is 13.0. The van der Waals surface area contributed by atoms with Gasteiger partial charge in [-0.25, -0.2) is 9.36 Å². The maximum absolute atomic E-state index is 13.0. The number of nitrogens with one attached hydrogen (secondary N) is 2. The van der Waals surface area contributed by atoms with Gasteiger partial charge >= 0.3 is 11.9 Å². The Balaban J connectivity index is 0.835. The molecule has 2 aliphatic rings. The molecule has 6 aromatic rings. The van der Waals surface area contributed by atoms with Crippen molar-refractivity contribution in [1.82, 2.24) is 40.6 Å². The highest BCUT2D eigenvalue weighted by molar-refractivity contribution is 5.91. The Morgan fingerprint density at radius 3 is 1.82 bits per heavy atom. The minimum absolute atomic E-state index is 0.0476. The number of nitrogens with zero attached hydrogens (tertiary/aromatic N) is 6. The topological polar surface area (TPSA) is 213 Å². The van der Waals surface area contributed by atoms with Crippen molar-refractivity contribution in [2.24, 2.45) is 25.9 Å². The Morgan fingerprint density at radius 2 is 1.22 bits per heavy atom. The molecule has 0 spiro atoms. The summed E-state index contributed by atoms with van der Waals surface area (Å²) >= 11 is 0. The number of benzene rings is 4. The van der Waals surface area contributed by atoms with Crippen LogP contribution < -0.4 is 20.1 Å². The molecule has 2 aromatic heterocycles. The fourth-order valence-electron chi connectivity index (χ4n) is 8.99. The van der Waals surface area contributed by atoms with Crippen LogP contribution in [0.4, 0.5) is 0 Å². The second kappa shape index (κ2) is 21.1. The summed E-state index contributed by atoms with van der Waals surface area (Å²) in [5.74, 6) is -1.75. The van der Waals surface area contributed by atoms with Gasteiger partial charge in [0.15, 0.2) is 0 Å². The molecule has 346 valence electrons. The van der Waals surface area contributed by atoms with Gasteiger partial charge in [0, 0.05) is 31.3 Å². The second-order valence-corrected chi connectivity index (χ2v) is 17.3. The number of aliphatic carboxylic acids is 2. The van der Waals surface area contributed by atoms with E-state index in [1.807, 2.05) is 103 Å².